The molecule has 0 aromatic heterocycles. The second-order valence-corrected chi connectivity index (χ2v) is 7.81. The zero-order chi connectivity index (χ0) is 21.6. The summed E-state index contributed by atoms with van der Waals surface area (Å²) in [4.78, 5) is 0. The van der Waals surface area contributed by atoms with Crippen LogP contribution >= 0.6 is 11.6 Å². The molecule has 0 saturated heterocycles. The molecule has 31 heavy (non-hydrogen) atoms. The number of ether oxygens (including phenoxy) is 2. The minimum atomic E-state index is 0.487. The summed E-state index contributed by atoms with van der Waals surface area (Å²) in [5.41, 5.74) is 4.34. The van der Waals surface area contributed by atoms with Gasteiger partial charge < -0.3 is 14.8 Å². The van der Waals surface area contributed by atoms with Gasteiger partial charge in [-0.05, 0) is 65.6 Å². The number of nitrogens with one attached hydrogen (secondary N) is 1. The molecule has 0 spiro atoms. The number of benzene rings is 4. The lowest BCUT2D eigenvalue weighted by Gasteiger charge is -2.15. The summed E-state index contributed by atoms with van der Waals surface area (Å²) in [6, 6.07) is 26.6. The third-order valence-corrected chi connectivity index (χ3v) is 5.73. The first-order chi connectivity index (χ1) is 15.2. The molecule has 4 aromatic carbocycles. The minimum absolute atomic E-state index is 0.487. The van der Waals surface area contributed by atoms with E-state index in [4.69, 9.17) is 21.1 Å². The fourth-order valence-corrected chi connectivity index (χ4v) is 3.79. The second kappa shape index (κ2) is 9.76. The highest BCUT2D eigenvalue weighted by atomic mass is 35.5. The molecule has 0 saturated carbocycles. The Balaban J connectivity index is 1.50. The molecule has 0 amide bonds. The molecule has 0 unspecified atom stereocenters. The van der Waals surface area contributed by atoms with E-state index >= 15 is 0 Å². The van der Waals surface area contributed by atoms with Crippen molar-refractivity contribution in [2.75, 3.05) is 11.9 Å². The minimum Gasteiger partial charge on any atom is -0.490 e. The van der Waals surface area contributed by atoms with Crippen molar-refractivity contribution >= 4 is 28.1 Å². The number of hydrogen-bond donors (Lipinski definition) is 1. The number of hydrogen-bond acceptors (Lipinski definition) is 3. The van der Waals surface area contributed by atoms with Gasteiger partial charge >= 0.3 is 0 Å². The highest BCUT2D eigenvalue weighted by molar-refractivity contribution is 6.31. The fourth-order valence-electron chi connectivity index (χ4n) is 3.62. The van der Waals surface area contributed by atoms with E-state index in [9.17, 15) is 0 Å². The highest BCUT2D eigenvalue weighted by Crippen LogP contribution is 2.31. The summed E-state index contributed by atoms with van der Waals surface area (Å²) in [6.45, 7) is 5.73. The average molecular weight is 432 g/mol. The maximum absolute atomic E-state index is 6.23. The van der Waals surface area contributed by atoms with Gasteiger partial charge in [0.15, 0.2) is 11.5 Å². The molecule has 4 rings (SSSR count). The monoisotopic (exact) mass is 431 g/mol. The van der Waals surface area contributed by atoms with Crippen LogP contribution in [0.4, 0.5) is 5.69 Å². The van der Waals surface area contributed by atoms with Crippen molar-refractivity contribution in [1.29, 1.82) is 0 Å². The Morgan fingerprint density at radius 3 is 2.52 bits per heavy atom. The maximum Gasteiger partial charge on any atom is 0.161 e. The predicted molar refractivity (Wildman–Crippen MR) is 129 cm³/mol. The fraction of sp³-hybridized carbons (Fsp3) is 0.185. The van der Waals surface area contributed by atoms with Gasteiger partial charge in [-0.15, -0.1) is 0 Å². The van der Waals surface area contributed by atoms with E-state index in [1.165, 1.54) is 10.8 Å². The Morgan fingerprint density at radius 1 is 0.839 bits per heavy atom. The average Bonchev–Trinajstić information content (AvgIpc) is 2.79. The van der Waals surface area contributed by atoms with Gasteiger partial charge in [-0.2, -0.15) is 0 Å². The van der Waals surface area contributed by atoms with Crippen LogP contribution in [0.3, 0.4) is 0 Å². The van der Waals surface area contributed by atoms with Crippen LogP contribution in [0.25, 0.3) is 10.8 Å². The summed E-state index contributed by atoms with van der Waals surface area (Å²) < 4.78 is 12.0. The molecule has 158 valence electrons. The van der Waals surface area contributed by atoms with E-state index in [0.29, 0.717) is 19.8 Å². The summed E-state index contributed by atoms with van der Waals surface area (Å²) in [5.74, 6) is 1.50. The maximum atomic E-state index is 6.23. The van der Waals surface area contributed by atoms with Crippen LogP contribution in [0, 0.1) is 6.92 Å². The summed E-state index contributed by atoms with van der Waals surface area (Å²) in [5, 5.41) is 6.64. The Kier molecular flexibility index (Phi) is 6.63. The lowest BCUT2D eigenvalue weighted by molar-refractivity contribution is 0.270. The summed E-state index contributed by atoms with van der Waals surface area (Å²) in [6.07, 6.45) is 0. The van der Waals surface area contributed by atoms with E-state index in [2.05, 4.69) is 53.8 Å². The second-order valence-electron chi connectivity index (χ2n) is 7.41. The molecule has 4 heteroatoms. The van der Waals surface area contributed by atoms with Gasteiger partial charge in [-0.1, -0.05) is 66.2 Å². The van der Waals surface area contributed by atoms with Crippen molar-refractivity contribution in [3.8, 4) is 11.5 Å². The Labute approximate surface area is 188 Å². The molecule has 0 radical (unpaired) electrons. The van der Waals surface area contributed by atoms with E-state index in [-0.39, 0.29) is 0 Å². The van der Waals surface area contributed by atoms with Crippen LogP contribution in [0.5, 0.6) is 11.5 Å². The highest BCUT2D eigenvalue weighted by Gasteiger charge is 2.09. The molecule has 3 nitrogen and oxygen atoms in total. The first-order valence-corrected chi connectivity index (χ1v) is 10.9. The third kappa shape index (κ3) is 4.95. The topological polar surface area (TPSA) is 30.5 Å². The van der Waals surface area contributed by atoms with Crippen molar-refractivity contribution in [2.24, 2.45) is 0 Å². The molecular weight excluding hydrogens is 406 g/mol. The van der Waals surface area contributed by atoms with Crippen LogP contribution in [0.1, 0.15) is 23.6 Å². The Morgan fingerprint density at radius 2 is 1.65 bits per heavy atom. The van der Waals surface area contributed by atoms with Gasteiger partial charge in [-0.3, -0.25) is 0 Å². The van der Waals surface area contributed by atoms with Crippen LogP contribution in [-0.4, -0.2) is 6.61 Å². The van der Waals surface area contributed by atoms with Crippen molar-refractivity contribution in [1.82, 2.24) is 0 Å². The van der Waals surface area contributed by atoms with Gasteiger partial charge in [0.25, 0.3) is 0 Å². The van der Waals surface area contributed by atoms with Crippen LogP contribution in [0.2, 0.25) is 5.02 Å². The van der Waals surface area contributed by atoms with Gasteiger partial charge in [-0.25, -0.2) is 0 Å². The van der Waals surface area contributed by atoms with Gasteiger partial charge in [0.05, 0.1) is 6.61 Å². The molecule has 0 fully saturated rings. The largest absolute Gasteiger partial charge is 0.490 e. The molecule has 4 aromatic rings. The SMILES string of the molecule is CCOc1cc(CNc2cccc(Cl)c2C)ccc1OCc1cccc2ccccc12. The molecule has 0 aliphatic carbocycles. The van der Waals surface area contributed by atoms with Gasteiger partial charge in [0.1, 0.15) is 6.61 Å². The summed E-state index contributed by atoms with van der Waals surface area (Å²) >= 11 is 6.23. The van der Waals surface area contributed by atoms with Crippen LogP contribution < -0.4 is 14.8 Å². The number of rotatable bonds is 8. The van der Waals surface area contributed by atoms with Gasteiger partial charge in [0, 0.05) is 17.3 Å². The van der Waals surface area contributed by atoms with Gasteiger partial charge in [0.2, 0.25) is 0 Å². The lowest BCUT2D eigenvalue weighted by atomic mass is 10.1. The standard InChI is InChI=1S/C27H26ClNO2/c1-3-30-27-16-20(17-29-25-13-7-12-24(28)19(25)2)14-15-26(27)31-18-22-10-6-9-21-8-4-5-11-23(21)22/h4-16,29H,3,17-18H2,1-2H3. The number of fused-ring (bicyclic) bond motifs is 1. The Hall–Kier alpha value is -3.17. The molecule has 1 N–H and O–H groups in total. The molecule has 0 heterocycles. The normalized spacial score (nSPS) is 10.8. The quantitative estimate of drug-likeness (QED) is 0.315. The summed E-state index contributed by atoms with van der Waals surface area (Å²) in [7, 11) is 0. The predicted octanol–water partition coefficient (Wildman–Crippen LogP) is 7.39. The Bertz CT molecular complexity index is 1180. The molecule has 0 aliphatic rings. The zero-order valence-electron chi connectivity index (χ0n) is 17.8. The number of halogens is 1. The zero-order valence-corrected chi connectivity index (χ0v) is 18.6. The van der Waals surface area contributed by atoms with Crippen LogP contribution in [0.15, 0.2) is 78.9 Å². The molecule has 0 atom stereocenters. The van der Waals surface area contributed by atoms with Crippen LogP contribution in [-0.2, 0) is 13.2 Å². The lowest BCUT2D eigenvalue weighted by Crippen LogP contribution is -2.04. The molecular formula is C27H26ClNO2. The smallest absolute Gasteiger partial charge is 0.161 e. The van der Waals surface area contributed by atoms with Crippen molar-refractivity contribution in [3.05, 3.63) is 101 Å². The first-order valence-electron chi connectivity index (χ1n) is 10.5. The first kappa shape index (κ1) is 21.1. The van der Waals surface area contributed by atoms with E-state index in [1.807, 2.05) is 44.2 Å². The van der Waals surface area contributed by atoms with E-state index in [0.717, 1.165) is 38.9 Å². The van der Waals surface area contributed by atoms with Crippen molar-refractivity contribution in [3.63, 3.8) is 0 Å². The number of anilines is 1. The van der Waals surface area contributed by atoms with Crippen molar-refractivity contribution < 1.29 is 9.47 Å². The van der Waals surface area contributed by atoms with E-state index in [1.54, 1.807) is 0 Å². The third-order valence-electron chi connectivity index (χ3n) is 5.32. The van der Waals surface area contributed by atoms with E-state index < -0.39 is 0 Å². The molecule has 0 aliphatic heterocycles. The molecule has 0 bridgehead atoms. The van der Waals surface area contributed by atoms with Crippen molar-refractivity contribution in [2.45, 2.75) is 27.0 Å².